The van der Waals surface area contributed by atoms with Gasteiger partial charge in [0, 0.05) is 19.7 Å². The fourth-order valence-electron chi connectivity index (χ4n) is 2.28. The lowest BCUT2D eigenvalue weighted by molar-refractivity contribution is -0.117. The highest BCUT2D eigenvalue weighted by molar-refractivity contribution is 7.89. The van der Waals surface area contributed by atoms with Crippen molar-refractivity contribution in [3.8, 4) is 0 Å². The van der Waals surface area contributed by atoms with E-state index in [9.17, 15) is 13.2 Å². The zero-order chi connectivity index (χ0) is 14.2. The molecule has 1 aromatic rings. The van der Waals surface area contributed by atoms with Crippen molar-refractivity contribution in [1.29, 1.82) is 0 Å². The summed E-state index contributed by atoms with van der Waals surface area (Å²) in [6, 6.07) is 6.76. The molecular weight excluding hydrogens is 264 g/mol. The third-order valence-corrected chi connectivity index (χ3v) is 5.06. The van der Waals surface area contributed by atoms with Gasteiger partial charge < -0.3 is 5.32 Å². The van der Waals surface area contributed by atoms with Gasteiger partial charge in [-0.25, -0.2) is 8.42 Å². The van der Waals surface area contributed by atoms with Crippen molar-refractivity contribution in [2.45, 2.75) is 18.2 Å². The first-order valence-electron chi connectivity index (χ1n) is 5.98. The maximum absolute atomic E-state index is 12.4. The molecule has 19 heavy (non-hydrogen) atoms. The van der Waals surface area contributed by atoms with Crippen LogP contribution in [0.5, 0.6) is 0 Å². The molecule has 5 nitrogen and oxygen atoms in total. The molecule has 0 aromatic heterocycles. The van der Waals surface area contributed by atoms with Gasteiger partial charge >= 0.3 is 0 Å². The maximum atomic E-state index is 12.4. The number of fused-ring (bicyclic) bond motifs is 1. The number of allylic oxidation sites excluding steroid dienone is 1. The topological polar surface area (TPSA) is 66.5 Å². The Balaban J connectivity index is 2.84. The van der Waals surface area contributed by atoms with Crippen LogP contribution in [0.4, 0.5) is 0 Å². The van der Waals surface area contributed by atoms with E-state index in [1.54, 1.807) is 24.3 Å². The molecular formula is C13H16N2O3S. The molecule has 1 N–H and O–H groups in total. The van der Waals surface area contributed by atoms with Gasteiger partial charge in [0.05, 0.1) is 4.90 Å². The van der Waals surface area contributed by atoms with Crippen molar-refractivity contribution < 1.29 is 13.2 Å². The Kier molecular flexibility index (Phi) is 3.36. The Morgan fingerprint density at radius 3 is 2.53 bits per heavy atom. The molecule has 1 aliphatic rings. The first-order chi connectivity index (χ1) is 8.95. The number of nitrogens with one attached hydrogen (secondary N) is 1. The molecule has 0 aliphatic carbocycles. The highest BCUT2D eigenvalue weighted by atomic mass is 32.2. The summed E-state index contributed by atoms with van der Waals surface area (Å²) in [5, 5.41) is 2.50. The van der Waals surface area contributed by atoms with Gasteiger partial charge in [0.2, 0.25) is 0 Å². The van der Waals surface area contributed by atoms with E-state index >= 15 is 0 Å². The van der Waals surface area contributed by atoms with E-state index in [0.29, 0.717) is 12.0 Å². The fraction of sp³-hybridized carbons (Fsp3) is 0.308. The molecule has 2 rings (SSSR count). The Hall–Kier alpha value is -1.82. The van der Waals surface area contributed by atoms with Crippen LogP contribution in [0.25, 0.3) is 5.57 Å². The van der Waals surface area contributed by atoms with Crippen molar-refractivity contribution in [3.05, 3.63) is 35.5 Å². The third kappa shape index (κ3) is 1.92. The van der Waals surface area contributed by atoms with E-state index in [1.807, 2.05) is 6.92 Å². The van der Waals surface area contributed by atoms with Gasteiger partial charge in [0.15, 0.2) is 0 Å². The summed E-state index contributed by atoms with van der Waals surface area (Å²) in [7, 11) is -0.756. The van der Waals surface area contributed by atoms with Crippen molar-refractivity contribution in [3.63, 3.8) is 0 Å². The van der Waals surface area contributed by atoms with E-state index in [0.717, 1.165) is 9.88 Å². The maximum Gasteiger partial charge on any atom is 0.268 e. The zero-order valence-electron chi connectivity index (χ0n) is 11.1. The number of rotatable bonds is 2. The minimum atomic E-state index is -3.65. The Morgan fingerprint density at radius 2 is 1.95 bits per heavy atom. The highest BCUT2D eigenvalue weighted by Crippen LogP contribution is 2.37. The third-order valence-electron chi connectivity index (χ3n) is 3.25. The quantitative estimate of drug-likeness (QED) is 0.885. The van der Waals surface area contributed by atoms with Crippen LogP contribution in [0.3, 0.4) is 0 Å². The predicted octanol–water partition coefficient (Wildman–Crippen LogP) is 1.19. The average Bonchev–Trinajstić information content (AvgIpc) is 2.42. The van der Waals surface area contributed by atoms with Crippen LogP contribution >= 0.6 is 0 Å². The molecule has 1 amide bonds. The number of likely N-dealkylation sites (N-methyl/N-ethyl adjacent to an activating group) is 2. The SMILES string of the molecule is CCC1=C(C(=O)NC)N(C)S(=O)(=O)c2ccccc21. The van der Waals surface area contributed by atoms with Gasteiger partial charge in [-0.3, -0.25) is 9.10 Å². The lowest BCUT2D eigenvalue weighted by Gasteiger charge is -2.30. The van der Waals surface area contributed by atoms with Crippen LogP contribution in [0.15, 0.2) is 34.9 Å². The van der Waals surface area contributed by atoms with Crippen molar-refractivity contribution in [1.82, 2.24) is 9.62 Å². The summed E-state index contributed by atoms with van der Waals surface area (Å²) < 4.78 is 25.9. The van der Waals surface area contributed by atoms with Crippen LogP contribution < -0.4 is 5.32 Å². The van der Waals surface area contributed by atoms with Crippen molar-refractivity contribution >= 4 is 21.5 Å². The molecule has 6 heteroatoms. The summed E-state index contributed by atoms with van der Waals surface area (Å²) in [6.07, 6.45) is 0.583. The summed E-state index contributed by atoms with van der Waals surface area (Å²) in [5.74, 6) is -0.391. The number of hydrogen-bond donors (Lipinski definition) is 1. The molecule has 0 unspecified atom stereocenters. The first-order valence-corrected chi connectivity index (χ1v) is 7.42. The summed E-state index contributed by atoms with van der Waals surface area (Å²) in [6.45, 7) is 1.90. The molecule has 1 aliphatic heterocycles. The van der Waals surface area contributed by atoms with Gasteiger partial charge in [0.1, 0.15) is 5.70 Å². The Bertz CT molecular complexity index is 662. The molecule has 1 heterocycles. The second-order valence-corrected chi connectivity index (χ2v) is 6.17. The molecule has 0 spiro atoms. The number of sulfonamides is 1. The lowest BCUT2D eigenvalue weighted by Crippen LogP contribution is -2.38. The molecule has 0 atom stereocenters. The summed E-state index contributed by atoms with van der Waals surface area (Å²) in [4.78, 5) is 12.2. The van der Waals surface area contributed by atoms with Crippen LogP contribution in [0.1, 0.15) is 18.9 Å². The van der Waals surface area contributed by atoms with E-state index < -0.39 is 15.9 Å². The van der Waals surface area contributed by atoms with Gasteiger partial charge in [0.25, 0.3) is 15.9 Å². The standard InChI is InChI=1S/C13H16N2O3S/c1-4-9-10-7-5-6-8-11(10)19(17,18)15(3)12(9)13(16)14-2/h5-8H,4H2,1-3H3,(H,14,16). The molecule has 0 bridgehead atoms. The summed E-state index contributed by atoms with van der Waals surface area (Å²) in [5.41, 5.74) is 1.55. The number of hydrogen-bond acceptors (Lipinski definition) is 3. The average molecular weight is 280 g/mol. The molecule has 0 saturated carbocycles. The van der Waals surface area contributed by atoms with E-state index in [4.69, 9.17) is 0 Å². The van der Waals surface area contributed by atoms with Crippen LogP contribution in [0, 0.1) is 0 Å². The van der Waals surface area contributed by atoms with E-state index in [2.05, 4.69) is 5.32 Å². The van der Waals surface area contributed by atoms with Crippen LogP contribution in [-0.2, 0) is 14.8 Å². The largest absolute Gasteiger partial charge is 0.354 e. The van der Waals surface area contributed by atoms with E-state index in [-0.39, 0.29) is 10.6 Å². The predicted molar refractivity (Wildman–Crippen MR) is 72.7 cm³/mol. The first kappa shape index (κ1) is 13.6. The number of carbonyl (C=O) groups excluding carboxylic acids is 1. The zero-order valence-corrected chi connectivity index (χ0v) is 11.9. The van der Waals surface area contributed by atoms with Crippen molar-refractivity contribution in [2.75, 3.05) is 14.1 Å². The minimum absolute atomic E-state index is 0.198. The second kappa shape index (κ2) is 4.70. The van der Waals surface area contributed by atoms with Gasteiger partial charge in [-0.05, 0) is 18.1 Å². The summed E-state index contributed by atoms with van der Waals surface area (Å²) >= 11 is 0. The van der Waals surface area contributed by atoms with Gasteiger partial charge in [-0.1, -0.05) is 25.1 Å². The Labute approximate surface area is 113 Å². The fourth-order valence-corrected chi connectivity index (χ4v) is 3.73. The van der Waals surface area contributed by atoms with E-state index in [1.165, 1.54) is 14.1 Å². The number of carbonyl (C=O) groups is 1. The smallest absolute Gasteiger partial charge is 0.268 e. The minimum Gasteiger partial charge on any atom is -0.354 e. The second-order valence-electron chi connectivity index (χ2n) is 4.23. The lowest BCUT2D eigenvalue weighted by atomic mass is 10.0. The molecule has 1 aromatic carbocycles. The molecule has 0 saturated heterocycles. The van der Waals surface area contributed by atoms with Crippen molar-refractivity contribution in [2.24, 2.45) is 0 Å². The monoisotopic (exact) mass is 280 g/mol. The normalized spacial score (nSPS) is 17.1. The Morgan fingerprint density at radius 1 is 1.32 bits per heavy atom. The number of amides is 1. The number of benzene rings is 1. The van der Waals surface area contributed by atoms with Gasteiger partial charge in [-0.2, -0.15) is 0 Å². The molecule has 102 valence electrons. The van der Waals surface area contributed by atoms with Gasteiger partial charge in [-0.15, -0.1) is 0 Å². The highest BCUT2D eigenvalue weighted by Gasteiger charge is 2.36. The van der Waals surface area contributed by atoms with Crippen LogP contribution in [-0.4, -0.2) is 32.7 Å². The van der Waals surface area contributed by atoms with Crippen LogP contribution in [0.2, 0.25) is 0 Å². The molecule has 0 radical (unpaired) electrons. The number of nitrogens with zero attached hydrogens (tertiary/aromatic N) is 1. The molecule has 0 fully saturated rings.